The van der Waals surface area contributed by atoms with Gasteiger partial charge < -0.3 is 15.2 Å². The van der Waals surface area contributed by atoms with Crippen LogP contribution in [0.1, 0.15) is 5.56 Å². The van der Waals surface area contributed by atoms with Crippen molar-refractivity contribution in [1.82, 2.24) is 5.43 Å². The monoisotopic (exact) mass is 358 g/mol. The zero-order valence-corrected chi connectivity index (χ0v) is 13.5. The number of hydrogen-bond acceptors (Lipinski definition) is 7. The van der Waals surface area contributed by atoms with Crippen LogP contribution < -0.4 is 15.5 Å². The molecule has 10 nitrogen and oxygen atoms in total. The summed E-state index contributed by atoms with van der Waals surface area (Å²) in [6, 6.07) is 9.82. The van der Waals surface area contributed by atoms with Gasteiger partial charge in [0.2, 0.25) is 0 Å². The molecule has 0 aliphatic rings. The molecule has 0 unspecified atom stereocenters. The molecule has 0 radical (unpaired) electrons. The summed E-state index contributed by atoms with van der Waals surface area (Å²) < 4.78 is 5.05. The number of nitro groups is 1. The van der Waals surface area contributed by atoms with E-state index in [1.54, 1.807) is 24.3 Å². The topological polar surface area (TPSA) is 143 Å². The minimum Gasteiger partial charge on any atom is -0.507 e. The smallest absolute Gasteiger partial charge is 0.329 e. The lowest BCUT2D eigenvalue weighted by Crippen LogP contribution is -2.32. The van der Waals surface area contributed by atoms with Crippen molar-refractivity contribution in [2.75, 3.05) is 12.4 Å². The maximum absolute atomic E-state index is 11.8. The van der Waals surface area contributed by atoms with Gasteiger partial charge >= 0.3 is 11.8 Å². The number of phenolic OH excluding ortho intramolecular Hbond substituents is 1. The van der Waals surface area contributed by atoms with Crippen molar-refractivity contribution in [1.29, 1.82) is 0 Å². The molecule has 0 saturated heterocycles. The maximum Gasteiger partial charge on any atom is 0.329 e. The van der Waals surface area contributed by atoms with Crippen molar-refractivity contribution < 1.29 is 24.4 Å². The van der Waals surface area contributed by atoms with Gasteiger partial charge in [-0.05, 0) is 18.2 Å². The number of nitro benzene ring substituents is 1. The van der Waals surface area contributed by atoms with Crippen molar-refractivity contribution in [3.63, 3.8) is 0 Å². The number of phenols is 1. The van der Waals surface area contributed by atoms with Crippen LogP contribution >= 0.6 is 0 Å². The van der Waals surface area contributed by atoms with Crippen LogP contribution in [-0.4, -0.2) is 35.2 Å². The second-order valence-electron chi connectivity index (χ2n) is 4.85. The summed E-state index contributed by atoms with van der Waals surface area (Å²) >= 11 is 0. The Hall–Kier alpha value is -3.95. The van der Waals surface area contributed by atoms with Gasteiger partial charge in [0.1, 0.15) is 11.5 Å². The third-order valence-corrected chi connectivity index (χ3v) is 3.15. The van der Waals surface area contributed by atoms with Crippen LogP contribution in [0, 0.1) is 10.1 Å². The fourth-order valence-corrected chi connectivity index (χ4v) is 1.90. The highest BCUT2D eigenvalue weighted by Gasteiger charge is 2.15. The second-order valence-corrected chi connectivity index (χ2v) is 4.85. The van der Waals surface area contributed by atoms with Crippen LogP contribution in [0.5, 0.6) is 11.5 Å². The fraction of sp³-hybridized carbons (Fsp3) is 0.0625. The standard InChI is InChI=1S/C16H14N4O6/c1-26-14-5-3-2-4-12(14)18-15(22)16(23)19-17-9-10-8-11(20(24)25)6-7-13(10)21/h2-9,21H,1H3,(H,18,22)(H,19,23)/b17-9-. The van der Waals surface area contributed by atoms with Crippen molar-refractivity contribution in [2.24, 2.45) is 5.10 Å². The minimum atomic E-state index is -1.07. The van der Waals surface area contributed by atoms with Crippen molar-refractivity contribution in [3.8, 4) is 11.5 Å². The molecular formula is C16H14N4O6. The highest BCUT2D eigenvalue weighted by molar-refractivity contribution is 6.39. The quantitative estimate of drug-likeness (QED) is 0.319. The van der Waals surface area contributed by atoms with Gasteiger partial charge in [0.05, 0.1) is 23.9 Å². The SMILES string of the molecule is COc1ccccc1NC(=O)C(=O)N/N=C\c1cc([N+](=O)[O-])ccc1O. The normalized spacial score (nSPS) is 10.3. The highest BCUT2D eigenvalue weighted by Crippen LogP contribution is 2.23. The van der Waals surface area contributed by atoms with Crippen molar-refractivity contribution in [3.05, 3.63) is 58.1 Å². The van der Waals surface area contributed by atoms with Crippen LogP contribution in [0.15, 0.2) is 47.6 Å². The molecule has 2 rings (SSSR count). The Bertz CT molecular complexity index is 881. The number of anilines is 1. The summed E-state index contributed by atoms with van der Waals surface area (Å²) in [4.78, 5) is 33.7. The van der Waals surface area contributed by atoms with Crippen LogP contribution in [0.25, 0.3) is 0 Å². The van der Waals surface area contributed by atoms with Crippen LogP contribution in [0.2, 0.25) is 0 Å². The molecule has 0 bridgehead atoms. The predicted octanol–water partition coefficient (Wildman–Crippen LogP) is 1.40. The van der Waals surface area contributed by atoms with Crippen molar-refractivity contribution in [2.45, 2.75) is 0 Å². The molecule has 10 heteroatoms. The zero-order valence-electron chi connectivity index (χ0n) is 13.5. The number of amides is 2. The largest absolute Gasteiger partial charge is 0.507 e. The summed E-state index contributed by atoms with van der Waals surface area (Å²) in [5.74, 6) is -1.96. The lowest BCUT2D eigenvalue weighted by atomic mass is 10.2. The van der Waals surface area contributed by atoms with E-state index in [0.717, 1.165) is 24.4 Å². The zero-order chi connectivity index (χ0) is 19.1. The molecule has 0 aromatic heterocycles. The molecule has 3 N–H and O–H groups in total. The number of hydrogen-bond donors (Lipinski definition) is 3. The third-order valence-electron chi connectivity index (χ3n) is 3.15. The van der Waals surface area contributed by atoms with E-state index in [1.165, 1.54) is 7.11 Å². The molecule has 26 heavy (non-hydrogen) atoms. The lowest BCUT2D eigenvalue weighted by Gasteiger charge is -2.08. The molecule has 0 aliphatic heterocycles. The first-order valence-corrected chi connectivity index (χ1v) is 7.17. The van der Waals surface area contributed by atoms with Gasteiger partial charge in [0, 0.05) is 17.7 Å². The van der Waals surface area contributed by atoms with Crippen LogP contribution in [0.4, 0.5) is 11.4 Å². The van der Waals surface area contributed by atoms with Gasteiger partial charge in [-0.25, -0.2) is 5.43 Å². The van der Waals surface area contributed by atoms with E-state index >= 15 is 0 Å². The molecular weight excluding hydrogens is 344 g/mol. The molecule has 134 valence electrons. The number of ether oxygens (including phenoxy) is 1. The predicted molar refractivity (Wildman–Crippen MR) is 92.1 cm³/mol. The Balaban J connectivity index is 2.02. The lowest BCUT2D eigenvalue weighted by molar-refractivity contribution is -0.384. The summed E-state index contributed by atoms with van der Waals surface area (Å²) in [5.41, 5.74) is 2.01. The Labute approximate surface area is 147 Å². The number of carbonyl (C=O) groups excluding carboxylic acids is 2. The van der Waals surface area contributed by atoms with Gasteiger partial charge in [-0.3, -0.25) is 19.7 Å². The van der Waals surface area contributed by atoms with Gasteiger partial charge in [0.25, 0.3) is 5.69 Å². The highest BCUT2D eigenvalue weighted by atomic mass is 16.6. The third kappa shape index (κ3) is 4.54. The number of hydrazone groups is 1. The van der Waals surface area contributed by atoms with E-state index in [9.17, 15) is 24.8 Å². The van der Waals surface area contributed by atoms with E-state index in [2.05, 4.69) is 10.4 Å². The Kier molecular flexibility index (Phi) is 5.83. The number of methoxy groups -OCH3 is 1. The fourth-order valence-electron chi connectivity index (χ4n) is 1.90. The van der Waals surface area contributed by atoms with E-state index in [-0.39, 0.29) is 17.0 Å². The van der Waals surface area contributed by atoms with Gasteiger partial charge in [-0.15, -0.1) is 0 Å². The number of nitrogens with one attached hydrogen (secondary N) is 2. The second kappa shape index (κ2) is 8.24. The average Bonchev–Trinajstić information content (AvgIpc) is 2.63. The van der Waals surface area contributed by atoms with Crippen molar-refractivity contribution >= 4 is 29.4 Å². The average molecular weight is 358 g/mol. The molecule has 0 aliphatic carbocycles. The minimum absolute atomic E-state index is 0.00429. The molecule has 2 amide bonds. The number of carbonyl (C=O) groups is 2. The molecule has 0 spiro atoms. The molecule has 2 aromatic carbocycles. The number of rotatable bonds is 5. The first kappa shape index (κ1) is 18.4. The molecule has 2 aromatic rings. The van der Waals surface area contributed by atoms with E-state index in [1.807, 2.05) is 5.43 Å². The van der Waals surface area contributed by atoms with Gasteiger partial charge in [0.15, 0.2) is 0 Å². The Morgan fingerprint density at radius 1 is 1.23 bits per heavy atom. The molecule has 0 fully saturated rings. The van der Waals surface area contributed by atoms with E-state index in [0.29, 0.717) is 11.4 Å². The number of aromatic hydroxyl groups is 1. The Morgan fingerprint density at radius 3 is 2.65 bits per heavy atom. The first-order chi connectivity index (χ1) is 12.4. The Morgan fingerprint density at radius 2 is 1.96 bits per heavy atom. The van der Waals surface area contributed by atoms with E-state index in [4.69, 9.17) is 4.74 Å². The summed E-state index contributed by atoms with van der Waals surface area (Å²) in [6.07, 6.45) is 0.983. The number of nitrogens with zero attached hydrogens (tertiary/aromatic N) is 2. The van der Waals surface area contributed by atoms with Gasteiger partial charge in [-0.2, -0.15) is 5.10 Å². The van der Waals surface area contributed by atoms with Gasteiger partial charge in [-0.1, -0.05) is 12.1 Å². The molecule has 0 heterocycles. The van der Waals surface area contributed by atoms with E-state index < -0.39 is 16.7 Å². The van der Waals surface area contributed by atoms with Crippen LogP contribution in [-0.2, 0) is 9.59 Å². The summed E-state index contributed by atoms with van der Waals surface area (Å²) in [5, 5.41) is 26.2. The summed E-state index contributed by atoms with van der Waals surface area (Å²) in [6.45, 7) is 0. The molecule has 0 atom stereocenters. The number of para-hydroxylation sites is 2. The first-order valence-electron chi connectivity index (χ1n) is 7.17. The summed E-state index contributed by atoms with van der Waals surface area (Å²) in [7, 11) is 1.42. The van der Waals surface area contributed by atoms with Crippen LogP contribution in [0.3, 0.4) is 0 Å². The maximum atomic E-state index is 11.8. The number of non-ortho nitro benzene ring substituents is 1. The molecule has 0 saturated carbocycles. The number of benzene rings is 2.